The molecule has 24 heavy (non-hydrogen) atoms. The lowest BCUT2D eigenvalue weighted by molar-refractivity contribution is -0.118. The summed E-state index contributed by atoms with van der Waals surface area (Å²) < 4.78 is 27.0. The number of aryl methyl sites for hydroxylation is 2. The maximum Gasteiger partial charge on any atom is 0.270 e. The minimum absolute atomic E-state index is 0.0682. The maximum absolute atomic E-state index is 13.1. The highest BCUT2D eigenvalue weighted by molar-refractivity contribution is 7.93. The second-order valence-electron chi connectivity index (χ2n) is 6.41. The Morgan fingerprint density at radius 3 is 1.83 bits per heavy atom. The van der Waals surface area contributed by atoms with E-state index < -0.39 is 15.9 Å². The Kier molecular flexibility index (Phi) is 5.44. The highest BCUT2D eigenvalue weighted by Gasteiger charge is 2.31. The van der Waals surface area contributed by atoms with Gasteiger partial charge in [-0.25, -0.2) is 12.7 Å². The highest BCUT2D eigenvalue weighted by atomic mass is 32.2. The van der Waals surface area contributed by atoms with Gasteiger partial charge in [-0.3, -0.25) is 4.79 Å². The van der Waals surface area contributed by atoms with E-state index in [1.54, 1.807) is 36.4 Å². The van der Waals surface area contributed by atoms with Crippen molar-refractivity contribution in [3.63, 3.8) is 0 Å². The number of anilines is 1. The summed E-state index contributed by atoms with van der Waals surface area (Å²) in [6.45, 7) is 7.59. The molecule has 0 heterocycles. The van der Waals surface area contributed by atoms with E-state index >= 15 is 0 Å². The maximum atomic E-state index is 13.1. The third-order valence-electron chi connectivity index (χ3n) is 3.64. The Hall–Kier alpha value is -2.14. The van der Waals surface area contributed by atoms with E-state index in [9.17, 15) is 13.2 Å². The Balaban J connectivity index is 2.54. The van der Waals surface area contributed by atoms with Gasteiger partial charge in [-0.1, -0.05) is 49.2 Å². The first kappa shape index (κ1) is 18.2. The molecule has 0 radical (unpaired) electrons. The van der Waals surface area contributed by atoms with Crippen LogP contribution in [0, 0.1) is 19.8 Å². The average molecular weight is 345 g/mol. The van der Waals surface area contributed by atoms with Crippen LogP contribution in [-0.2, 0) is 14.8 Å². The zero-order valence-electron chi connectivity index (χ0n) is 14.5. The number of carbonyl (C=O) groups excluding carboxylic acids is 1. The predicted octanol–water partition coefficient (Wildman–Crippen LogP) is 4.07. The SMILES string of the molecule is Cc1ccc(N(C(=O)CC(C)C)S(=O)(=O)c2ccc(C)cc2)cc1. The summed E-state index contributed by atoms with van der Waals surface area (Å²) in [5.74, 6) is -0.354. The van der Waals surface area contributed by atoms with Gasteiger partial charge < -0.3 is 0 Å². The van der Waals surface area contributed by atoms with Crippen LogP contribution >= 0.6 is 0 Å². The molecule has 1 amide bonds. The van der Waals surface area contributed by atoms with Crippen LogP contribution in [0.25, 0.3) is 0 Å². The summed E-state index contributed by atoms with van der Waals surface area (Å²) in [5, 5.41) is 0. The summed E-state index contributed by atoms with van der Waals surface area (Å²) >= 11 is 0. The summed E-state index contributed by atoms with van der Waals surface area (Å²) in [7, 11) is -3.94. The van der Waals surface area contributed by atoms with Gasteiger partial charge in [-0.15, -0.1) is 0 Å². The fourth-order valence-corrected chi connectivity index (χ4v) is 3.78. The van der Waals surface area contributed by atoms with Gasteiger partial charge in [-0.05, 0) is 44.0 Å². The Labute approximate surface area is 144 Å². The van der Waals surface area contributed by atoms with Crippen molar-refractivity contribution in [3.05, 3.63) is 59.7 Å². The highest BCUT2D eigenvalue weighted by Crippen LogP contribution is 2.26. The molecule has 0 spiro atoms. The van der Waals surface area contributed by atoms with E-state index in [2.05, 4.69) is 0 Å². The molecule has 0 fully saturated rings. The first-order chi connectivity index (χ1) is 11.2. The smallest absolute Gasteiger partial charge is 0.270 e. The Bertz CT molecular complexity index is 807. The molecule has 0 N–H and O–H groups in total. The molecule has 0 saturated heterocycles. The topological polar surface area (TPSA) is 54.5 Å². The summed E-state index contributed by atoms with van der Waals surface area (Å²) in [4.78, 5) is 12.8. The molecule has 128 valence electrons. The molecule has 2 rings (SSSR count). The number of sulfonamides is 1. The largest absolute Gasteiger partial charge is 0.273 e. The van der Waals surface area contributed by atoms with Gasteiger partial charge in [0, 0.05) is 6.42 Å². The van der Waals surface area contributed by atoms with Crippen molar-refractivity contribution in [1.29, 1.82) is 0 Å². The first-order valence-electron chi connectivity index (χ1n) is 7.93. The van der Waals surface area contributed by atoms with Crippen LogP contribution in [0.2, 0.25) is 0 Å². The van der Waals surface area contributed by atoms with E-state index in [1.807, 2.05) is 27.7 Å². The lowest BCUT2D eigenvalue weighted by Crippen LogP contribution is -2.37. The van der Waals surface area contributed by atoms with Crippen LogP contribution in [0.15, 0.2) is 53.4 Å². The van der Waals surface area contributed by atoms with Crippen molar-refractivity contribution in [2.24, 2.45) is 5.92 Å². The fraction of sp³-hybridized carbons (Fsp3) is 0.316. The average Bonchev–Trinajstić information content (AvgIpc) is 2.49. The predicted molar refractivity (Wildman–Crippen MR) is 96.5 cm³/mol. The molecular formula is C19H23NO3S. The normalized spacial score (nSPS) is 11.5. The lowest BCUT2D eigenvalue weighted by atomic mass is 10.1. The molecule has 0 saturated carbocycles. The van der Waals surface area contributed by atoms with Gasteiger partial charge in [0.15, 0.2) is 0 Å². The van der Waals surface area contributed by atoms with Crippen LogP contribution in [0.3, 0.4) is 0 Å². The molecule has 0 aliphatic heterocycles. The van der Waals surface area contributed by atoms with Crippen molar-refractivity contribution in [1.82, 2.24) is 0 Å². The Morgan fingerprint density at radius 1 is 0.917 bits per heavy atom. The van der Waals surface area contributed by atoms with Gasteiger partial charge in [0.2, 0.25) is 5.91 Å². The fourth-order valence-electron chi connectivity index (χ4n) is 2.34. The molecule has 2 aromatic carbocycles. The van der Waals surface area contributed by atoms with Crippen molar-refractivity contribution < 1.29 is 13.2 Å². The van der Waals surface area contributed by atoms with E-state index in [0.717, 1.165) is 15.4 Å². The van der Waals surface area contributed by atoms with E-state index in [-0.39, 0.29) is 17.2 Å². The van der Waals surface area contributed by atoms with Gasteiger partial charge in [0.1, 0.15) is 0 Å². The molecule has 4 nitrogen and oxygen atoms in total. The summed E-state index contributed by atoms with van der Waals surface area (Å²) in [6.07, 6.45) is 0.166. The van der Waals surface area contributed by atoms with Crippen LogP contribution in [0.1, 0.15) is 31.4 Å². The quantitative estimate of drug-likeness (QED) is 0.821. The zero-order valence-corrected chi connectivity index (χ0v) is 15.3. The van der Waals surface area contributed by atoms with Gasteiger partial charge >= 0.3 is 0 Å². The Morgan fingerprint density at radius 2 is 1.38 bits per heavy atom. The van der Waals surface area contributed by atoms with Crippen molar-refractivity contribution in [2.75, 3.05) is 4.31 Å². The summed E-state index contributed by atoms with van der Waals surface area (Å²) in [5.41, 5.74) is 2.33. The van der Waals surface area contributed by atoms with Gasteiger partial charge in [0.05, 0.1) is 10.6 Å². The van der Waals surface area contributed by atoms with Crippen LogP contribution in [-0.4, -0.2) is 14.3 Å². The van der Waals surface area contributed by atoms with E-state index in [1.165, 1.54) is 12.1 Å². The number of amides is 1. The third kappa shape index (κ3) is 4.03. The standard InChI is InChI=1S/C19H23NO3S/c1-14(2)13-19(21)20(17-9-5-15(3)6-10-17)24(22,23)18-11-7-16(4)8-12-18/h5-12,14H,13H2,1-4H3. The summed E-state index contributed by atoms with van der Waals surface area (Å²) in [6, 6.07) is 13.5. The molecule has 0 aliphatic carbocycles. The zero-order chi connectivity index (χ0) is 17.9. The van der Waals surface area contributed by atoms with Crippen molar-refractivity contribution in [2.45, 2.75) is 39.0 Å². The molecule has 0 aliphatic rings. The van der Waals surface area contributed by atoms with Crippen molar-refractivity contribution in [3.8, 4) is 0 Å². The second kappa shape index (κ2) is 7.18. The minimum atomic E-state index is -3.94. The molecule has 5 heteroatoms. The molecule has 0 atom stereocenters. The first-order valence-corrected chi connectivity index (χ1v) is 9.37. The van der Waals surface area contributed by atoms with E-state index in [4.69, 9.17) is 0 Å². The number of hydrogen-bond acceptors (Lipinski definition) is 3. The van der Waals surface area contributed by atoms with Crippen LogP contribution in [0.4, 0.5) is 5.69 Å². The molecular weight excluding hydrogens is 322 g/mol. The number of nitrogens with zero attached hydrogens (tertiary/aromatic N) is 1. The number of benzene rings is 2. The van der Waals surface area contributed by atoms with E-state index in [0.29, 0.717) is 5.69 Å². The number of rotatable bonds is 5. The van der Waals surface area contributed by atoms with Crippen LogP contribution in [0.5, 0.6) is 0 Å². The lowest BCUT2D eigenvalue weighted by Gasteiger charge is -2.23. The van der Waals surface area contributed by atoms with Crippen molar-refractivity contribution >= 4 is 21.6 Å². The number of hydrogen-bond donors (Lipinski definition) is 0. The molecule has 0 unspecified atom stereocenters. The number of carbonyl (C=O) groups is 1. The minimum Gasteiger partial charge on any atom is -0.273 e. The second-order valence-corrected chi connectivity index (χ2v) is 8.20. The van der Waals surface area contributed by atoms with Gasteiger partial charge in [-0.2, -0.15) is 0 Å². The monoisotopic (exact) mass is 345 g/mol. The molecule has 2 aromatic rings. The van der Waals surface area contributed by atoms with Crippen LogP contribution < -0.4 is 4.31 Å². The third-order valence-corrected chi connectivity index (χ3v) is 5.40. The molecule has 0 bridgehead atoms. The van der Waals surface area contributed by atoms with Gasteiger partial charge in [0.25, 0.3) is 10.0 Å². The molecule has 0 aromatic heterocycles.